The molecule has 1 saturated carbocycles. The Labute approximate surface area is 774 Å². The summed E-state index contributed by atoms with van der Waals surface area (Å²) in [5.41, 5.74) is 20.9. The fourth-order valence-electron chi connectivity index (χ4n) is 16.8. The van der Waals surface area contributed by atoms with Crippen molar-refractivity contribution in [3.8, 4) is 0 Å². The number of Topliss-reactive ketones (excluding diaryl/α,β-unsaturated/α-hetero) is 2. The van der Waals surface area contributed by atoms with Gasteiger partial charge in [-0.05, 0) is 161 Å². The molecule has 718 valence electrons. The van der Waals surface area contributed by atoms with E-state index in [0.29, 0.717) is 77.7 Å². The molecule has 5 aromatic rings. The van der Waals surface area contributed by atoms with E-state index >= 15 is 4.79 Å². The van der Waals surface area contributed by atoms with Crippen molar-refractivity contribution >= 4 is 140 Å². The Morgan fingerprint density at radius 3 is 1.74 bits per heavy atom. The fourth-order valence-corrected chi connectivity index (χ4v) is 18.0. The molecule has 41 heteroatoms. The zero-order valence-corrected chi connectivity index (χ0v) is 77.2. The molecule has 1 saturated heterocycles. The van der Waals surface area contributed by atoms with Crippen LogP contribution in [0.25, 0.3) is 10.8 Å². The minimum absolute atomic E-state index is 0.0228. The second-order valence-corrected chi connectivity index (χ2v) is 36.0. The molecule has 4 aliphatic rings. The third kappa shape index (κ3) is 29.6. The number of hydrogen-bond acceptors (Lipinski definition) is 22. The Morgan fingerprint density at radius 2 is 1.16 bits per heavy atom. The lowest BCUT2D eigenvalue weighted by Crippen LogP contribution is -2.59. The Balaban J connectivity index is 0.812. The van der Waals surface area contributed by atoms with E-state index in [2.05, 4.69) is 73.8 Å². The van der Waals surface area contributed by atoms with Gasteiger partial charge in [0.2, 0.25) is 100 Å². The van der Waals surface area contributed by atoms with Crippen LogP contribution in [0.3, 0.4) is 0 Å². The summed E-state index contributed by atoms with van der Waals surface area (Å²) in [5, 5.41) is 33.1. The van der Waals surface area contributed by atoms with Gasteiger partial charge in [-0.15, -0.1) is 11.8 Å². The average molecular weight is 1860 g/mol. The summed E-state index contributed by atoms with van der Waals surface area (Å²) in [7, 11) is 0. The maximum absolute atomic E-state index is 15.2. The van der Waals surface area contributed by atoms with Crippen molar-refractivity contribution in [2.24, 2.45) is 40.9 Å². The zero-order chi connectivity index (χ0) is 97.2. The summed E-state index contributed by atoms with van der Waals surface area (Å²) in [5.74, 6) is -16.8. The van der Waals surface area contributed by atoms with Crippen LogP contribution in [0.2, 0.25) is 0 Å². The number of ketones is 2. The average Bonchev–Trinajstić information content (AvgIpc) is 1.58. The Morgan fingerprint density at radius 1 is 0.579 bits per heavy atom. The fraction of sp³-hybridized carbons (Fsp3) is 0.533. The molecule has 2 aromatic heterocycles. The van der Waals surface area contributed by atoms with Gasteiger partial charge in [0.25, 0.3) is 5.91 Å². The normalized spacial score (nSPS) is 22.3. The molecular weight excluding hydrogens is 1740 g/mol. The van der Waals surface area contributed by atoms with Gasteiger partial charge in [0.1, 0.15) is 54.4 Å². The van der Waals surface area contributed by atoms with Gasteiger partial charge in [0, 0.05) is 136 Å². The number of imidazole rings is 1. The number of nitrogens with zero attached hydrogens (tertiary/aromatic N) is 4. The number of imide groups is 1. The molecule has 0 spiro atoms. The highest BCUT2D eigenvalue weighted by Gasteiger charge is 2.45. The molecule has 0 radical (unpaired) electrons. The van der Waals surface area contributed by atoms with Crippen LogP contribution in [-0.4, -0.2) is 234 Å². The standard InChI is InChI=1S/C92H124N20O20S/c1-48(99-55(8)113)74(116)40-62(37-57-19-11-10-12-20-57)87(128)100-49(2)73(115)39-61(30-32-75(93)117)86(127)107-69(78(94)119)23-15-17-35-110-45-63-38-58(27-31-65(63)90(110)131)33-34-97-85(126)60-28-25-59(26-29-60)44-112-76(118)42-68(91(112)132)77-66-21-13-14-22-67(66)92-111(77)36-18-16-24-70(106-56(9)114)88(129)105-53(6)83(124)103-51(4)81(122)101-50(3)80(121)102-52(5)82(123)104-54(7)84(125)109-72(46-133-92)89(130)108-71(79(95)120)41-64-43-96-47-98-64/h10-14,19-22,27,31,38,43,47-54,59-62,68-72H,15-18,23-26,28-30,32-37,39-42,44-46H2,1-9H3,(H2,93,117)(H2,94,119)(H2,95,120)(H,96,98)(H,97,126)(H,99,113)(H,100,128)(H,101,122)(H,102,121)(H,103,124)(H,104,123)(H,105,129)(H,106,114)(H,107,127)(H,108,130)(H,109,125)/t48-,49-,50-,51-,52-,53-,54-,59?,60?,61+,62+,68?,69-,70-,71-,72?/m0/s1. The van der Waals surface area contributed by atoms with Gasteiger partial charge in [0.05, 0.1) is 29.4 Å². The molecule has 3 aliphatic heterocycles. The summed E-state index contributed by atoms with van der Waals surface area (Å²) in [6, 6.07) is 7.86. The van der Waals surface area contributed by atoms with Crippen molar-refractivity contribution in [2.75, 3.05) is 25.4 Å². The third-order valence-electron chi connectivity index (χ3n) is 24.5. The zero-order valence-electron chi connectivity index (χ0n) is 76.4. The molecule has 2 unspecified atom stereocenters. The molecule has 133 heavy (non-hydrogen) atoms. The first-order valence-corrected chi connectivity index (χ1v) is 46.1. The van der Waals surface area contributed by atoms with Crippen molar-refractivity contribution in [1.82, 2.24) is 88.1 Å². The highest BCUT2D eigenvalue weighted by atomic mass is 32.2. The molecular formula is C92H124N20O20S. The number of thioether (sulfide) groups is 1. The number of primary amides is 3. The number of carbonyl (C=O) groups is 20. The molecule has 40 nitrogen and oxygen atoms in total. The molecule has 18 amide bonds. The topological polar surface area (TPSA) is 604 Å². The van der Waals surface area contributed by atoms with Crippen LogP contribution in [0, 0.1) is 23.7 Å². The number of hydrogen-bond donors (Lipinski definition) is 16. The number of aromatic amines is 1. The highest BCUT2D eigenvalue weighted by molar-refractivity contribution is 7.99. The molecule has 5 heterocycles. The third-order valence-corrected chi connectivity index (χ3v) is 25.7. The van der Waals surface area contributed by atoms with Gasteiger partial charge < -0.3 is 95.5 Å². The van der Waals surface area contributed by atoms with Crippen LogP contribution in [0.1, 0.15) is 203 Å². The van der Waals surface area contributed by atoms with Crippen LogP contribution in [0.4, 0.5) is 0 Å². The Hall–Kier alpha value is -13.2. The van der Waals surface area contributed by atoms with Crippen LogP contribution < -0.4 is 81.0 Å². The summed E-state index contributed by atoms with van der Waals surface area (Å²) < 4.78 is 1.87. The first kappa shape index (κ1) is 103. The van der Waals surface area contributed by atoms with E-state index in [1.807, 2.05) is 16.7 Å². The van der Waals surface area contributed by atoms with Crippen molar-refractivity contribution in [3.05, 3.63) is 119 Å². The minimum Gasteiger partial charge on any atom is -0.370 e. The van der Waals surface area contributed by atoms with E-state index < -0.39 is 197 Å². The summed E-state index contributed by atoms with van der Waals surface area (Å²) in [6.07, 6.45) is 5.13. The van der Waals surface area contributed by atoms with Gasteiger partial charge in [0.15, 0.2) is 11.6 Å². The number of unbranched alkanes of at least 4 members (excludes halogenated alkanes) is 1. The molecule has 2 fully saturated rings. The largest absolute Gasteiger partial charge is 0.370 e. The van der Waals surface area contributed by atoms with E-state index in [1.54, 1.807) is 65.6 Å². The van der Waals surface area contributed by atoms with Crippen LogP contribution in [0.5, 0.6) is 0 Å². The second kappa shape index (κ2) is 48.8. The van der Waals surface area contributed by atoms with Crippen molar-refractivity contribution in [2.45, 2.75) is 268 Å². The highest BCUT2D eigenvalue weighted by Crippen LogP contribution is 2.43. The number of aromatic nitrogens is 3. The van der Waals surface area contributed by atoms with E-state index in [1.165, 1.54) is 79.7 Å². The van der Waals surface area contributed by atoms with Gasteiger partial charge in [-0.25, -0.2) is 4.98 Å². The summed E-state index contributed by atoms with van der Waals surface area (Å²) in [6.45, 7) is 13.2. The molecule has 1 aliphatic carbocycles. The second-order valence-electron chi connectivity index (χ2n) is 35.0. The van der Waals surface area contributed by atoms with Gasteiger partial charge in [-0.1, -0.05) is 66.7 Å². The van der Waals surface area contributed by atoms with Crippen molar-refractivity contribution in [1.29, 1.82) is 0 Å². The number of carbonyl (C=O) groups excluding carboxylic acids is 20. The first-order valence-electron chi connectivity index (χ1n) is 45.1. The number of amides is 18. The molecule has 14 atom stereocenters. The molecule has 0 bridgehead atoms. The monoisotopic (exact) mass is 1860 g/mol. The summed E-state index contributed by atoms with van der Waals surface area (Å²) >= 11 is 1.10. The SMILES string of the molecule is CC(=O)N[C@@H](C)C(=O)C[C@@H](Cc1ccccc1)C(=O)N[C@@H](C)C(=O)C[C@@H](CCC(N)=O)C(=O)N[C@@H](CCCCN1Cc2cc(CCNC(=O)C3CCC(CN4C(=O)CC(c5c6ccccc6c6n5CCCC[C@H](NC(C)=O)C(=O)N[C@@H](C)C(=O)N[C@@H](C)C(=O)N[C@@H](C)C(=O)N[C@@H](C)C(=O)N[C@@H](C)C(=O)NC(C(=O)N[C@@H](Cc5cnc[nH]5)C(N)=O)CS6)C4=O)CC3)ccc2C1=O)C(N)=O. The number of likely N-dealkylation sites (tertiary alicyclic amines) is 1. The van der Waals surface area contributed by atoms with Crippen LogP contribution in [-0.2, 0) is 123 Å². The molecule has 9 rings (SSSR count). The number of fused-ring (bicyclic) bond motifs is 4. The van der Waals surface area contributed by atoms with E-state index in [4.69, 9.17) is 17.2 Å². The predicted molar refractivity (Wildman–Crippen MR) is 486 cm³/mol. The van der Waals surface area contributed by atoms with E-state index in [-0.39, 0.29) is 126 Å². The lowest BCUT2D eigenvalue weighted by Gasteiger charge is -2.30. The lowest BCUT2D eigenvalue weighted by molar-refractivity contribution is -0.140. The molecule has 3 aromatic carbocycles. The van der Waals surface area contributed by atoms with E-state index in [9.17, 15) is 91.1 Å². The van der Waals surface area contributed by atoms with Crippen molar-refractivity contribution < 1.29 is 95.9 Å². The number of nitrogens with two attached hydrogens (primary N) is 3. The smallest absolute Gasteiger partial charge is 0.254 e. The maximum atomic E-state index is 15.2. The van der Waals surface area contributed by atoms with Gasteiger partial charge in [-0.3, -0.25) is 101 Å². The Bertz CT molecular complexity index is 5150. The molecule has 19 N–H and O–H groups in total. The number of rotatable bonds is 35. The predicted octanol–water partition coefficient (Wildman–Crippen LogP) is 0.158. The van der Waals surface area contributed by atoms with Gasteiger partial charge >= 0.3 is 0 Å². The van der Waals surface area contributed by atoms with E-state index in [0.717, 1.165) is 28.5 Å². The van der Waals surface area contributed by atoms with Crippen LogP contribution in [0.15, 0.2) is 90.3 Å². The van der Waals surface area contributed by atoms with Crippen molar-refractivity contribution in [3.63, 3.8) is 0 Å². The minimum atomic E-state index is -1.50. The lowest BCUT2D eigenvalue weighted by atomic mass is 9.81. The first-order chi connectivity index (χ1) is 63.1. The quantitative estimate of drug-likeness (QED) is 0.0190. The maximum Gasteiger partial charge on any atom is 0.254 e. The number of benzene rings is 3. The number of nitrogens with one attached hydrogen (secondary N) is 13. The van der Waals surface area contributed by atoms with Crippen LogP contribution >= 0.6 is 11.8 Å². The number of H-pyrrole nitrogens is 1. The van der Waals surface area contributed by atoms with Gasteiger partial charge in [-0.2, -0.15) is 0 Å². The Kier molecular flexibility index (Phi) is 37.9. The summed E-state index contributed by atoms with van der Waals surface area (Å²) in [4.78, 5) is 281.